The van der Waals surface area contributed by atoms with Gasteiger partial charge in [0.15, 0.2) is 0 Å². The predicted octanol–water partition coefficient (Wildman–Crippen LogP) is 3.07. The summed E-state index contributed by atoms with van der Waals surface area (Å²) in [6, 6.07) is 0. The van der Waals surface area contributed by atoms with Gasteiger partial charge in [0.2, 0.25) is 0 Å². The van der Waals surface area contributed by atoms with Crippen LogP contribution < -0.4 is 0 Å². The molecule has 64 valence electrons. The topological polar surface area (TPSA) is 12.4 Å². The van der Waals surface area contributed by atoms with Gasteiger partial charge in [0, 0.05) is 13.3 Å². The summed E-state index contributed by atoms with van der Waals surface area (Å²) in [6.45, 7) is 6.68. The number of nitrogens with zero attached hydrogens (tertiary/aromatic N) is 1. The van der Waals surface area contributed by atoms with Gasteiger partial charge in [-0.25, -0.2) is 0 Å². The molecule has 0 aliphatic carbocycles. The fraction of sp³-hybridized carbons (Fsp3) is 0.700. The summed E-state index contributed by atoms with van der Waals surface area (Å²) in [4.78, 5) is 3.93. The number of hydrogen-bond donors (Lipinski definition) is 0. The lowest BCUT2D eigenvalue weighted by atomic mass is 10.0. The highest BCUT2D eigenvalue weighted by atomic mass is 14.6. The van der Waals surface area contributed by atoms with Crippen molar-refractivity contribution in [1.29, 1.82) is 0 Å². The third-order valence-corrected chi connectivity index (χ3v) is 1.58. The van der Waals surface area contributed by atoms with Crippen molar-refractivity contribution in [1.82, 2.24) is 0 Å². The Morgan fingerprint density at radius 1 is 1.45 bits per heavy atom. The average molecular weight is 153 g/mol. The molecule has 0 spiro atoms. The summed E-state index contributed by atoms with van der Waals surface area (Å²) < 4.78 is 0. The summed E-state index contributed by atoms with van der Waals surface area (Å²) in [5, 5.41) is 0. The van der Waals surface area contributed by atoms with Crippen LogP contribution in [0.25, 0.3) is 0 Å². The number of rotatable bonds is 4. The third kappa shape index (κ3) is 5.84. The van der Waals surface area contributed by atoms with Crippen LogP contribution in [0.4, 0.5) is 0 Å². The molecular weight excluding hydrogens is 134 g/mol. The van der Waals surface area contributed by atoms with Gasteiger partial charge in [-0.1, -0.05) is 26.3 Å². The van der Waals surface area contributed by atoms with E-state index in [9.17, 15) is 0 Å². The largest absolute Gasteiger partial charge is 0.297 e. The van der Waals surface area contributed by atoms with E-state index in [1.807, 2.05) is 6.21 Å². The van der Waals surface area contributed by atoms with Crippen molar-refractivity contribution >= 4 is 6.21 Å². The van der Waals surface area contributed by atoms with Gasteiger partial charge < -0.3 is 0 Å². The Bertz CT molecular complexity index is 143. The van der Waals surface area contributed by atoms with Crippen LogP contribution in [0.15, 0.2) is 16.6 Å². The maximum absolute atomic E-state index is 3.93. The average Bonchev–Trinajstić information content (AvgIpc) is 1.97. The Morgan fingerprint density at radius 3 is 2.45 bits per heavy atom. The minimum atomic E-state index is 0.756. The van der Waals surface area contributed by atoms with E-state index in [4.69, 9.17) is 0 Å². The van der Waals surface area contributed by atoms with E-state index in [0.29, 0.717) is 0 Å². The third-order valence-electron chi connectivity index (χ3n) is 1.58. The number of aliphatic imine (C=N–C) groups is 1. The molecule has 0 bridgehead atoms. The Labute approximate surface area is 70.2 Å². The van der Waals surface area contributed by atoms with Crippen molar-refractivity contribution in [2.75, 3.05) is 7.05 Å². The molecule has 0 aliphatic rings. The molecule has 0 radical (unpaired) electrons. The number of hydrogen-bond acceptors (Lipinski definition) is 1. The van der Waals surface area contributed by atoms with E-state index in [2.05, 4.69) is 31.8 Å². The van der Waals surface area contributed by atoms with E-state index >= 15 is 0 Å². The van der Waals surface area contributed by atoms with Gasteiger partial charge in [-0.2, -0.15) is 0 Å². The molecule has 0 saturated carbocycles. The Balaban J connectivity index is 3.94. The standard InChI is InChI=1S/C10H19N/c1-5-10(6-7-11-4)8-9(2)3/h6-7,9H,5,8H2,1-4H3/b10-6+,11-7?. The van der Waals surface area contributed by atoms with Crippen molar-refractivity contribution in [3.8, 4) is 0 Å². The molecule has 11 heavy (non-hydrogen) atoms. The minimum absolute atomic E-state index is 0.756. The first kappa shape index (κ1) is 10.4. The van der Waals surface area contributed by atoms with E-state index < -0.39 is 0 Å². The van der Waals surface area contributed by atoms with Gasteiger partial charge in [0.05, 0.1) is 0 Å². The first-order chi connectivity index (χ1) is 5.20. The molecule has 0 amide bonds. The summed E-state index contributed by atoms with van der Waals surface area (Å²) >= 11 is 0. The smallest absolute Gasteiger partial charge is 0.0277 e. The van der Waals surface area contributed by atoms with Crippen molar-refractivity contribution in [2.24, 2.45) is 10.9 Å². The number of allylic oxidation sites excluding steroid dienone is 2. The second kappa shape index (κ2) is 6.14. The molecule has 0 heterocycles. The van der Waals surface area contributed by atoms with E-state index in [1.165, 1.54) is 12.0 Å². The van der Waals surface area contributed by atoms with Crippen molar-refractivity contribution in [2.45, 2.75) is 33.6 Å². The van der Waals surface area contributed by atoms with Crippen LogP contribution in [0.2, 0.25) is 0 Å². The molecule has 1 nitrogen and oxygen atoms in total. The van der Waals surface area contributed by atoms with E-state index in [0.717, 1.165) is 12.3 Å². The van der Waals surface area contributed by atoms with Crippen LogP contribution in [0.3, 0.4) is 0 Å². The molecule has 0 aromatic carbocycles. The molecule has 0 unspecified atom stereocenters. The van der Waals surface area contributed by atoms with Gasteiger partial charge in [-0.05, 0) is 24.8 Å². The maximum atomic E-state index is 3.93. The van der Waals surface area contributed by atoms with Gasteiger partial charge in [0.25, 0.3) is 0 Å². The highest BCUT2D eigenvalue weighted by Crippen LogP contribution is 2.12. The normalized spacial score (nSPS) is 13.4. The van der Waals surface area contributed by atoms with Crippen LogP contribution >= 0.6 is 0 Å². The quantitative estimate of drug-likeness (QED) is 0.550. The van der Waals surface area contributed by atoms with Crippen molar-refractivity contribution in [3.63, 3.8) is 0 Å². The summed E-state index contributed by atoms with van der Waals surface area (Å²) in [7, 11) is 1.80. The van der Waals surface area contributed by atoms with Crippen LogP contribution in [0.1, 0.15) is 33.6 Å². The predicted molar refractivity (Wildman–Crippen MR) is 52.2 cm³/mol. The van der Waals surface area contributed by atoms with Gasteiger partial charge in [-0.15, -0.1) is 0 Å². The lowest BCUT2D eigenvalue weighted by molar-refractivity contribution is 0.631. The molecule has 0 saturated heterocycles. The Hall–Kier alpha value is -0.590. The van der Waals surface area contributed by atoms with Gasteiger partial charge in [-0.3, -0.25) is 4.99 Å². The fourth-order valence-corrected chi connectivity index (χ4v) is 1.03. The molecule has 0 atom stereocenters. The highest BCUT2D eigenvalue weighted by molar-refractivity contribution is 5.71. The van der Waals surface area contributed by atoms with Crippen LogP contribution in [-0.4, -0.2) is 13.3 Å². The first-order valence-corrected chi connectivity index (χ1v) is 4.30. The second-order valence-corrected chi connectivity index (χ2v) is 3.18. The molecule has 0 fully saturated rings. The zero-order valence-corrected chi connectivity index (χ0v) is 8.09. The fourth-order valence-electron chi connectivity index (χ4n) is 1.03. The zero-order chi connectivity index (χ0) is 8.69. The van der Waals surface area contributed by atoms with E-state index in [-0.39, 0.29) is 0 Å². The second-order valence-electron chi connectivity index (χ2n) is 3.18. The maximum Gasteiger partial charge on any atom is 0.0277 e. The Morgan fingerprint density at radius 2 is 2.09 bits per heavy atom. The van der Waals surface area contributed by atoms with Gasteiger partial charge >= 0.3 is 0 Å². The van der Waals surface area contributed by atoms with Crippen LogP contribution in [0.5, 0.6) is 0 Å². The summed E-state index contributed by atoms with van der Waals surface area (Å²) in [5.41, 5.74) is 1.49. The zero-order valence-electron chi connectivity index (χ0n) is 8.09. The molecule has 0 aliphatic heterocycles. The molecule has 0 aromatic rings. The molecular formula is C10H19N. The first-order valence-electron chi connectivity index (χ1n) is 4.30. The monoisotopic (exact) mass is 153 g/mol. The molecule has 0 aromatic heterocycles. The molecule has 0 N–H and O–H groups in total. The van der Waals surface area contributed by atoms with Crippen LogP contribution in [-0.2, 0) is 0 Å². The van der Waals surface area contributed by atoms with E-state index in [1.54, 1.807) is 7.05 Å². The molecule has 1 heteroatoms. The minimum Gasteiger partial charge on any atom is -0.297 e. The summed E-state index contributed by atoms with van der Waals surface area (Å²) in [6.07, 6.45) is 6.34. The van der Waals surface area contributed by atoms with Gasteiger partial charge in [0.1, 0.15) is 0 Å². The lowest BCUT2D eigenvalue weighted by Gasteiger charge is -2.05. The van der Waals surface area contributed by atoms with Crippen molar-refractivity contribution in [3.05, 3.63) is 11.6 Å². The van der Waals surface area contributed by atoms with Crippen molar-refractivity contribution < 1.29 is 0 Å². The molecule has 0 rings (SSSR count). The SMILES string of the molecule is CC/C(=C\C=NC)CC(C)C. The highest BCUT2D eigenvalue weighted by Gasteiger charge is 1.96. The Kier molecular flexibility index (Phi) is 5.81. The summed E-state index contributed by atoms with van der Waals surface area (Å²) in [5.74, 6) is 0.756. The lowest BCUT2D eigenvalue weighted by Crippen LogP contribution is -1.90. The van der Waals surface area contributed by atoms with Crippen LogP contribution in [0, 0.1) is 5.92 Å².